The third-order valence-electron chi connectivity index (χ3n) is 2.14. The highest BCUT2D eigenvalue weighted by Crippen LogP contribution is 2.29. The lowest BCUT2D eigenvalue weighted by Crippen LogP contribution is -2.16. The van der Waals surface area contributed by atoms with E-state index in [1.807, 2.05) is 13.8 Å². The van der Waals surface area contributed by atoms with E-state index in [0.29, 0.717) is 0 Å². The third-order valence-corrected chi connectivity index (χ3v) is 3.37. The van der Waals surface area contributed by atoms with E-state index in [2.05, 4.69) is 0 Å². The van der Waals surface area contributed by atoms with Crippen LogP contribution in [0.3, 0.4) is 0 Å². The van der Waals surface area contributed by atoms with Gasteiger partial charge in [-0.25, -0.2) is 0 Å². The Balaban J connectivity index is 1.86. The molecular formula is C9H18O2S. The molecule has 0 aromatic carbocycles. The third kappa shape index (κ3) is 4.33. The largest absolute Gasteiger partial charge is 0.392 e. The van der Waals surface area contributed by atoms with Gasteiger partial charge in [0.25, 0.3) is 0 Å². The lowest BCUT2D eigenvalue weighted by molar-refractivity contribution is 0.166. The molecule has 1 N–H and O–H groups in total. The topological polar surface area (TPSA) is 29.5 Å². The van der Waals surface area contributed by atoms with Crippen LogP contribution in [0.25, 0.3) is 0 Å². The van der Waals surface area contributed by atoms with E-state index in [4.69, 9.17) is 9.84 Å². The van der Waals surface area contributed by atoms with E-state index < -0.39 is 0 Å². The second-order valence-corrected chi connectivity index (χ2v) is 4.86. The molecule has 0 aliphatic heterocycles. The van der Waals surface area contributed by atoms with Crippen molar-refractivity contribution in [3.8, 4) is 0 Å². The van der Waals surface area contributed by atoms with Gasteiger partial charge in [0, 0.05) is 5.25 Å². The van der Waals surface area contributed by atoms with Gasteiger partial charge in [-0.05, 0) is 25.7 Å². The molecule has 72 valence electrons. The number of ether oxygens (including phenoxy) is 1. The van der Waals surface area contributed by atoms with Crippen LogP contribution in [-0.4, -0.2) is 29.0 Å². The monoisotopic (exact) mass is 190 g/mol. The summed E-state index contributed by atoms with van der Waals surface area (Å²) in [6.07, 6.45) is 2.45. The second-order valence-electron chi connectivity index (χ2n) is 3.54. The molecule has 0 heterocycles. The Morgan fingerprint density at radius 2 is 2.17 bits per heavy atom. The number of aliphatic hydroxyl groups excluding tert-OH is 1. The first-order valence-electron chi connectivity index (χ1n) is 4.57. The lowest BCUT2D eigenvalue weighted by atomic mass is 10.3. The van der Waals surface area contributed by atoms with E-state index in [1.54, 1.807) is 11.8 Å². The minimum atomic E-state index is -0.237. The van der Waals surface area contributed by atoms with Crippen molar-refractivity contribution in [1.29, 1.82) is 0 Å². The average Bonchev–Trinajstić information content (AvgIpc) is 2.80. The molecule has 12 heavy (non-hydrogen) atoms. The van der Waals surface area contributed by atoms with Crippen LogP contribution in [0.15, 0.2) is 0 Å². The number of aliphatic hydroxyl groups is 1. The summed E-state index contributed by atoms with van der Waals surface area (Å²) in [5.74, 6) is 1.57. The maximum Gasteiger partial charge on any atom is 0.0924 e. The Morgan fingerprint density at radius 3 is 2.67 bits per heavy atom. The van der Waals surface area contributed by atoms with Crippen LogP contribution >= 0.6 is 11.8 Å². The molecular weight excluding hydrogens is 172 g/mol. The first-order valence-corrected chi connectivity index (χ1v) is 5.62. The molecule has 1 rings (SSSR count). The second kappa shape index (κ2) is 5.10. The number of hydrogen-bond acceptors (Lipinski definition) is 3. The zero-order valence-electron chi connectivity index (χ0n) is 7.82. The Labute approximate surface area is 78.7 Å². The van der Waals surface area contributed by atoms with Gasteiger partial charge < -0.3 is 9.84 Å². The average molecular weight is 190 g/mol. The van der Waals surface area contributed by atoms with Crippen molar-refractivity contribution < 1.29 is 9.84 Å². The van der Waals surface area contributed by atoms with Gasteiger partial charge in [-0.3, -0.25) is 0 Å². The van der Waals surface area contributed by atoms with Crippen LogP contribution in [0.5, 0.6) is 0 Å². The predicted molar refractivity (Wildman–Crippen MR) is 52.3 cm³/mol. The Kier molecular flexibility index (Phi) is 4.40. The summed E-state index contributed by atoms with van der Waals surface area (Å²) in [4.78, 5) is 0. The van der Waals surface area contributed by atoms with Gasteiger partial charge >= 0.3 is 0 Å². The van der Waals surface area contributed by atoms with Gasteiger partial charge in [0.1, 0.15) is 0 Å². The number of rotatable bonds is 6. The van der Waals surface area contributed by atoms with Crippen molar-refractivity contribution in [3.05, 3.63) is 0 Å². The molecule has 0 amide bonds. The molecule has 1 saturated carbocycles. The molecule has 0 spiro atoms. The Bertz CT molecular complexity index is 124. The highest BCUT2D eigenvalue weighted by molar-refractivity contribution is 7.99. The molecule has 2 atom stereocenters. The highest BCUT2D eigenvalue weighted by atomic mass is 32.2. The molecule has 1 aliphatic carbocycles. The molecule has 2 unspecified atom stereocenters. The van der Waals surface area contributed by atoms with Crippen LogP contribution in [0.4, 0.5) is 0 Å². The van der Waals surface area contributed by atoms with Crippen molar-refractivity contribution in [2.75, 3.05) is 12.5 Å². The fourth-order valence-electron chi connectivity index (χ4n) is 0.794. The summed E-state index contributed by atoms with van der Waals surface area (Å²) in [7, 11) is 0. The predicted octanol–water partition coefficient (Wildman–Crippen LogP) is 1.87. The lowest BCUT2D eigenvalue weighted by Gasteiger charge is -2.13. The molecule has 0 aromatic heterocycles. The molecule has 1 fully saturated rings. The summed E-state index contributed by atoms with van der Waals surface area (Å²) in [6, 6.07) is 0. The van der Waals surface area contributed by atoms with Crippen LogP contribution in [-0.2, 0) is 4.74 Å². The zero-order valence-corrected chi connectivity index (χ0v) is 8.64. The smallest absolute Gasteiger partial charge is 0.0924 e. The van der Waals surface area contributed by atoms with Gasteiger partial charge in [0.05, 0.1) is 18.6 Å². The summed E-state index contributed by atoms with van der Waals surface area (Å²) in [5, 5.41) is 9.45. The molecule has 2 nitrogen and oxygen atoms in total. The molecule has 1 aliphatic rings. The quantitative estimate of drug-likeness (QED) is 0.512. The maximum atomic E-state index is 9.17. The summed E-state index contributed by atoms with van der Waals surface area (Å²) in [6.45, 7) is 4.76. The van der Waals surface area contributed by atoms with E-state index in [0.717, 1.165) is 18.5 Å². The van der Waals surface area contributed by atoms with Crippen LogP contribution < -0.4 is 0 Å². The van der Waals surface area contributed by atoms with Crippen LogP contribution in [0.2, 0.25) is 0 Å². The van der Waals surface area contributed by atoms with E-state index in [9.17, 15) is 0 Å². The molecule has 0 bridgehead atoms. The number of hydrogen-bond donors (Lipinski definition) is 1. The maximum absolute atomic E-state index is 9.17. The fourth-order valence-corrected chi connectivity index (χ4v) is 1.48. The Hall–Kier alpha value is 0.270. The molecule has 0 radical (unpaired) electrons. The zero-order chi connectivity index (χ0) is 8.97. The van der Waals surface area contributed by atoms with Gasteiger partial charge in [0.15, 0.2) is 0 Å². The fraction of sp³-hybridized carbons (Fsp3) is 1.00. The van der Waals surface area contributed by atoms with Crippen LogP contribution in [0, 0.1) is 5.92 Å². The normalized spacial score (nSPS) is 22.2. The van der Waals surface area contributed by atoms with Gasteiger partial charge in [-0.2, -0.15) is 0 Å². The standard InChI is InChI=1S/C9H18O2S/c1-7(10)8(2)12-6-11-5-9-3-4-9/h7-10H,3-6H2,1-2H3. The molecule has 3 heteroatoms. The van der Waals surface area contributed by atoms with E-state index in [1.165, 1.54) is 12.8 Å². The summed E-state index contributed by atoms with van der Waals surface area (Å²) >= 11 is 1.68. The van der Waals surface area contributed by atoms with Crippen molar-refractivity contribution in [3.63, 3.8) is 0 Å². The van der Waals surface area contributed by atoms with E-state index >= 15 is 0 Å². The van der Waals surface area contributed by atoms with Gasteiger partial charge in [-0.15, -0.1) is 11.8 Å². The SMILES string of the molecule is CC(O)C(C)SCOCC1CC1. The molecule has 0 saturated heterocycles. The Morgan fingerprint density at radius 1 is 1.50 bits per heavy atom. The first kappa shape index (κ1) is 10.4. The first-order chi connectivity index (χ1) is 5.70. The van der Waals surface area contributed by atoms with Crippen molar-refractivity contribution in [1.82, 2.24) is 0 Å². The highest BCUT2D eigenvalue weighted by Gasteiger charge is 2.21. The van der Waals surface area contributed by atoms with Crippen molar-refractivity contribution in [2.24, 2.45) is 5.92 Å². The minimum Gasteiger partial charge on any atom is -0.392 e. The van der Waals surface area contributed by atoms with Gasteiger partial charge in [0.2, 0.25) is 0 Å². The minimum absolute atomic E-state index is 0.237. The number of thioether (sulfide) groups is 1. The van der Waals surface area contributed by atoms with E-state index in [-0.39, 0.29) is 11.4 Å². The van der Waals surface area contributed by atoms with Gasteiger partial charge in [-0.1, -0.05) is 6.92 Å². The van der Waals surface area contributed by atoms with Crippen molar-refractivity contribution >= 4 is 11.8 Å². The molecule has 0 aromatic rings. The van der Waals surface area contributed by atoms with Crippen LogP contribution in [0.1, 0.15) is 26.7 Å². The summed E-state index contributed by atoms with van der Waals surface area (Å²) in [5.41, 5.74) is 0. The summed E-state index contributed by atoms with van der Waals surface area (Å²) < 4.78 is 5.43. The van der Waals surface area contributed by atoms with Crippen molar-refractivity contribution in [2.45, 2.75) is 38.0 Å².